The average Bonchev–Trinajstić information content (AvgIpc) is 2.92. The van der Waals surface area contributed by atoms with Crippen LogP contribution in [0.15, 0.2) is 17.1 Å². The van der Waals surface area contributed by atoms with E-state index in [9.17, 15) is 9.59 Å². The quantitative estimate of drug-likeness (QED) is 0.566. The number of anilines is 1. The summed E-state index contributed by atoms with van der Waals surface area (Å²) in [4.78, 5) is 31.2. The third-order valence-corrected chi connectivity index (χ3v) is 5.10. The van der Waals surface area contributed by atoms with E-state index in [4.69, 9.17) is 0 Å². The number of aryl methyl sites for hydroxylation is 1. The van der Waals surface area contributed by atoms with Crippen LogP contribution in [-0.4, -0.2) is 39.9 Å². The largest absolute Gasteiger partial charge is 0.335 e. The average molecular weight is 370 g/mol. The maximum absolute atomic E-state index is 12.5. The molecule has 27 heavy (non-hydrogen) atoms. The van der Waals surface area contributed by atoms with E-state index in [0.717, 1.165) is 30.3 Å². The van der Waals surface area contributed by atoms with E-state index in [1.165, 1.54) is 0 Å². The Hall–Kier alpha value is -2.73. The molecule has 144 valence electrons. The number of aromatic amines is 1. The van der Waals surface area contributed by atoms with Gasteiger partial charge >= 0.3 is 6.03 Å². The van der Waals surface area contributed by atoms with Gasteiger partial charge in [0, 0.05) is 11.7 Å². The molecule has 8 heteroatoms. The molecule has 0 radical (unpaired) electrons. The number of amides is 2. The summed E-state index contributed by atoms with van der Waals surface area (Å²) in [6, 6.07) is 3.46. The lowest BCUT2D eigenvalue weighted by molar-refractivity contribution is 0.0815. The molecule has 1 saturated carbocycles. The van der Waals surface area contributed by atoms with Crippen molar-refractivity contribution in [3.8, 4) is 0 Å². The number of carbonyl (C=O) groups excluding carboxylic acids is 2. The topological polar surface area (TPSA) is 112 Å². The van der Waals surface area contributed by atoms with Crippen LogP contribution in [-0.2, 0) is 4.79 Å². The number of isocyanates is 1. The molecule has 0 aromatic carbocycles. The number of carbonyl (C=O) groups is 1. The normalized spacial score (nSPS) is 24.2. The second-order valence-corrected chi connectivity index (χ2v) is 8.68. The highest BCUT2D eigenvalue weighted by Gasteiger charge is 2.41. The molecule has 1 aliphatic carbocycles. The van der Waals surface area contributed by atoms with Gasteiger partial charge in [-0.3, -0.25) is 10.4 Å². The van der Waals surface area contributed by atoms with Crippen molar-refractivity contribution in [1.82, 2.24) is 20.5 Å². The number of nitrogens with zero attached hydrogens (tertiary/aromatic N) is 3. The third kappa shape index (κ3) is 4.52. The molecule has 0 spiro atoms. The van der Waals surface area contributed by atoms with Crippen LogP contribution in [0.4, 0.5) is 10.6 Å². The van der Waals surface area contributed by atoms with Crippen molar-refractivity contribution in [2.75, 3.05) is 11.9 Å². The molecule has 3 N–H and O–H groups in total. The molecule has 0 aliphatic heterocycles. The molecule has 1 aliphatic rings. The van der Waals surface area contributed by atoms with E-state index in [-0.39, 0.29) is 22.9 Å². The van der Waals surface area contributed by atoms with Crippen molar-refractivity contribution in [1.29, 1.82) is 0 Å². The van der Waals surface area contributed by atoms with Gasteiger partial charge in [0.05, 0.1) is 11.9 Å². The summed E-state index contributed by atoms with van der Waals surface area (Å²) in [7, 11) is 0. The summed E-state index contributed by atoms with van der Waals surface area (Å²) < 4.78 is 0. The minimum absolute atomic E-state index is 0.00817. The second-order valence-electron chi connectivity index (χ2n) is 8.68. The zero-order valence-electron chi connectivity index (χ0n) is 16.2. The lowest BCUT2D eigenvalue weighted by atomic mass is 9.62. The van der Waals surface area contributed by atoms with Crippen LogP contribution in [0.5, 0.6) is 0 Å². The Morgan fingerprint density at radius 3 is 2.89 bits per heavy atom. The Labute approximate surface area is 158 Å². The van der Waals surface area contributed by atoms with Gasteiger partial charge in [0.2, 0.25) is 6.08 Å². The number of fused-ring (bicyclic) bond motifs is 1. The molecule has 1 fully saturated rings. The molecular formula is C19H26N6O2. The number of hydrogen-bond donors (Lipinski definition) is 3. The highest BCUT2D eigenvalue weighted by atomic mass is 16.2. The van der Waals surface area contributed by atoms with E-state index in [1.807, 2.05) is 19.1 Å². The van der Waals surface area contributed by atoms with Gasteiger partial charge in [-0.05, 0) is 49.1 Å². The number of rotatable bonds is 4. The molecule has 2 aromatic rings. The number of hydrogen-bond acceptors (Lipinski definition) is 5. The Morgan fingerprint density at radius 2 is 2.15 bits per heavy atom. The first-order valence-corrected chi connectivity index (χ1v) is 9.13. The molecule has 2 aromatic heterocycles. The number of urea groups is 1. The Kier molecular flexibility index (Phi) is 5.02. The van der Waals surface area contributed by atoms with Crippen LogP contribution < -0.4 is 10.6 Å². The summed E-state index contributed by atoms with van der Waals surface area (Å²) in [6.45, 7) is 8.79. The highest BCUT2D eigenvalue weighted by Crippen LogP contribution is 2.46. The first-order chi connectivity index (χ1) is 12.7. The van der Waals surface area contributed by atoms with Crippen molar-refractivity contribution < 1.29 is 9.59 Å². The number of aliphatic imine (C=N–C) groups is 1. The lowest BCUT2D eigenvalue weighted by Crippen LogP contribution is -2.48. The Balaban J connectivity index is 1.69. The zero-order chi connectivity index (χ0) is 19.7. The third-order valence-electron chi connectivity index (χ3n) is 5.10. The predicted octanol–water partition coefficient (Wildman–Crippen LogP) is 3.31. The standard InChI is InChI=1S/C19H26N6O2/c1-12-5-6-14-15(21-12)24-25-16(14)23-17(27)22-13-7-18(2,3)9-19(4,8-13)10-20-11-26/h5-6,13H,7-10H2,1-4H3,(H3,21,22,23,24,25,27). The molecule has 2 atom stereocenters. The van der Waals surface area contributed by atoms with Crippen LogP contribution in [0.25, 0.3) is 11.0 Å². The summed E-state index contributed by atoms with van der Waals surface area (Å²) in [5, 5.41) is 13.6. The monoisotopic (exact) mass is 370 g/mol. The second kappa shape index (κ2) is 7.12. The molecule has 0 saturated heterocycles. The fourth-order valence-electron chi connectivity index (χ4n) is 4.51. The van der Waals surface area contributed by atoms with Gasteiger partial charge in [0.15, 0.2) is 11.5 Å². The van der Waals surface area contributed by atoms with E-state index in [2.05, 4.69) is 51.6 Å². The predicted molar refractivity (Wildman–Crippen MR) is 103 cm³/mol. The van der Waals surface area contributed by atoms with Gasteiger partial charge in [-0.15, -0.1) is 0 Å². The van der Waals surface area contributed by atoms with Crippen LogP contribution in [0.2, 0.25) is 0 Å². The van der Waals surface area contributed by atoms with Crippen molar-refractivity contribution in [3.05, 3.63) is 17.8 Å². The van der Waals surface area contributed by atoms with Gasteiger partial charge in [-0.1, -0.05) is 20.8 Å². The van der Waals surface area contributed by atoms with Crippen LogP contribution in [0.1, 0.15) is 45.7 Å². The van der Waals surface area contributed by atoms with E-state index in [1.54, 1.807) is 6.08 Å². The molecule has 2 heterocycles. The summed E-state index contributed by atoms with van der Waals surface area (Å²) in [5.74, 6) is 0.457. The van der Waals surface area contributed by atoms with Crippen molar-refractivity contribution in [2.45, 2.75) is 53.0 Å². The van der Waals surface area contributed by atoms with E-state index < -0.39 is 0 Å². The Bertz CT molecular complexity index is 899. The van der Waals surface area contributed by atoms with Gasteiger partial charge in [0.25, 0.3) is 0 Å². The molecule has 2 amide bonds. The van der Waals surface area contributed by atoms with Crippen molar-refractivity contribution in [3.63, 3.8) is 0 Å². The van der Waals surface area contributed by atoms with Crippen molar-refractivity contribution >= 4 is 29.0 Å². The molecule has 8 nitrogen and oxygen atoms in total. The smallest absolute Gasteiger partial charge is 0.320 e. The maximum Gasteiger partial charge on any atom is 0.320 e. The molecule has 2 unspecified atom stereocenters. The maximum atomic E-state index is 12.5. The van der Waals surface area contributed by atoms with E-state index in [0.29, 0.717) is 18.0 Å². The first kappa shape index (κ1) is 19.0. The SMILES string of the molecule is Cc1ccc2c(NC(=O)NC3CC(C)(C)CC(C)(CN=C=O)C3)n[nH]c2n1. The van der Waals surface area contributed by atoms with Crippen LogP contribution in [0, 0.1) is 17.8 Å². The zero-order valence-corrected chi connectivity index (χ0v) is 16.2. The molecule has 0 bridgehead atoms. The lowest BCUT2D eigenvalue weighted by Gasteiger charge is -2.46. The number of nitrogens with one attached hydrogen (secondary N) is 3. The summed E-state index contributed by atoms with van der Waals surface area (Å²) >= 11 is 0. The fraction of sp³-hybridized carbons (Fsp3) is 0.579. The van der Waals surface area contributed by atoms with Gasteiger partial charge in [0.1, 0.15) is 0 Å². The van der Waals surface area contributed by atoms with E-state index >= 15 is 0 Å². The van der Waals surface area contributed by atoms with Crippen LogP contribution in [0.3, 0.4) is 0 Å². The van der Waals surface area contributed by atoms with Gasteiger partial charge in [-0.2, -0.15) is 5.10 Å². The number of aromatic nitrogens is 3. The van der Waals surface area contributed by atoms with Crippen molar-refractivity contribution in [2.24, 2.45) is 15.8 Å². The summed E-state index contributed by atoms with van der Waals surface area (Å²) in [6.07, 6.45) is 4.20. The van der Waals surface area contributed by atoms with Gasteiger partial charge < -0.3 is 5.32 Å². The Morgan fingerprint density at radius 1 is 1.37 bits per heavy atom. The van der Waals surface area contributed by atoms with Crippen LogP contribution >= 0.6 is 0 Å². The highest BCUT2D eigenvalue weighted by molar-refractivity contribution is 5.97. The first-order valence-electron chi connectivity index (χ1n) is 9.13. The minimum Gasteiger partial charge on any atom is -0.335 e. The summed E-state index contributed by atoms with van der Waals surface area (Å²) in [5.41, 5.74) is 1.42. The fourth-order valence-corrected chi connectivity index (χ4v) is 4.51. The molecule has 3 rings (SSSR count). The molecular weight excluding hydrogens is 344 g/mol. The van der Waals surface area contributed by atoms with Gasteiger partial charge in [-0.25, -0.2) is 19.6 Å². The number of H-pyrrole nitrogens is 1. The number of pyridine rings is 1. The minimum atomic E-state index is -0.298.